The smallest absolute Gasteiger partial charge is 0.333 e. The van der Waals surface area contributed by atoms with E-state index in [4.69, 9.17) is 4.74 Å². The van der Waals surface area contributed by atoms with Crippen molar-refractivity contribution in [2.45, 2.75) is 18.9 Å². The molecule has 0 bridgehead atoms. The maximum atomic E-state index is 11.4. The van der Waals surface area contributed by atoms with Gasteiger partial charge in [-0.25, -0.2) is 0 Å². The maximum absolute atomic E-state index is 11.4. The van der Waals surface area contributed by atoms with Gasteiger partial charge in [-0.15, -0.1) is 0 Å². The van der Waals surface area contributed by atoms with E-state index in [2.05, 4.69) is 10.2 Å². The molecular formula is C14H19N3O3. The number of rotatable bonds is 3. The molecule has 0 aromatic heterocycles. The molecule has 2 aliphatic heterocycles. The number of para-hydroxylation sites is 1. The molecule has 6 heteroatoms. The Morgan fingerprint density at radius 3 is 3.00 bits per heavy atom. The molecule has 2 aliphatic rings. The van der Waals surface area contributed by atoms with E-state index in [0.717, 1.165) is 19.6 Å². The zero-order chi connectivity index (χ0) is 14.1. The highest BCUT2D eigenvalue weighted by Crippen LogP contribution is 2.39. The van der Waals surface area contributed by atoms with Crippen molar-refractivity contribution < 1.29 is 9.66 Å². The molecule has 2 saturated heterocycles. The van der Waals surface area contributed by atoms with E-state index in [9.17, 15) is 10.1 Å². The highest BCUT2D eigenvalue weighted by Gasteiger charge is 2.37. The van der Waals surface area contributed by atoms with Crippen LogP contribution in [0.4, 0.5) is 11.4 Å². The first-order chi connectivity index (χ1) is 9.70. The van der Waals surface area contributed by atoms with Crippen molar-refractivity contribution in [1.82, 2.24) is 5.32 Å². The van der Waals surface area contributed by atoms with E-state index in [0.29, 0.717) is 23.4 Å². The fourth-order valence-corrected chi connectivity index (χ4v) is 3.36. The molecule has 0 aliphatic carbocycles. The zero-order valence-corrected chi connectivity index (χ0v) is 11.5. The summed E-state index contributed by atoms with van der Waals surface area (Å²) < 4.78 is 5.14. The molecule has 6 nitrogen and oxygen atoms in total. The van der Waals surface area contributed by atoms with Crippen LogP contribution in [0, 0.1) is 16.0 Å². The first-order valence-corrected chi connectivity index (χ1v) is 7.00. The van der Waals surface area contributed by atoms with Gasteiger partial charge in [0.05, 0.1) is 12.0 Å². The van der Waals surface area contributed by atoms with Crippen molar-refractivity contribution >= 4 is 11.4 Å². The SMILES string of the molecule is COc1cccc(N2C[C@@H]3CCCN[C@@H]3C2)c1[N+](=O)[O-]. The number of hydrogen-bond acceptors (Lipinski definition) is 5. The van der Waals surface area contributed by atoms with Gasteiger partial charge in [0.2, 0.25) is 0 Å². The molecule has 0 saturated carbocycles. The minimum Gasteiger partial charge on any atom is -0.490 e. The average Bonchev–Trinajstić information content (AvgIpc) is 2.90. The summed E-state index contributed by atoms with van der Waals surface area (Å²) in [6.45, 7) is 2.76. The molecule has 0 radical (unpaired) electrons. The normalized spacial score (nSPS) is 25.4. The van der Waals surface area contributed by atoms with Crippen molar-refractivity contribution in [3.05, 3.63) is 28.3 Å². The van der Waals surface area contributed by atoms with E-state index in [1.165, 1.54) is 20.0 Å². The van der Waals surface area contributed by atoms with E-state index in [-0.39, 0.29) is 10.6 Å². The molecule has 1 aromatic rings. The second-order valence-electron chi connectivity index (χ2n) is 5.45. The minimum atomic E-state index is -0.344. The van der Waals surface area contributed by atoms with Crippen LogP contribution in [0.3, 0.4) is 0 Å². The first-order valence-electron chi connectivity index (χ1n) is 7.00. The topological polar surface area (TPSA) is 67.6 Å². The number of hydrogen-bond donors (Lipinski definition) is 1. The summed E-state index contributed by atoms with van der Waals surface area (Å²) in [5.41, 5.74) is 0.749. The third-order valence-corrected chi connectivity index (χ3v) is 4.32. The third kappa shape index (κ3) is 2.20. The second-order valence-corrected chi connectivity index (χ2v) is 5.45. The molecule has 2 atom stereocenters. The molecular weight excluding hydrogens is 258 g/mol. The van der Waals surface area contributed by atoms with Crippen molar-refractivity contribution in [3.63, 3.8) is 0 Å². The van der Waals surface area contributed by atoms with Crippen LogP contribution < -0.4 is 15.0 Å². The lowest BCUT2D eigenvalue weighted by atomic mass is 9.94. The van der Waals surface area contributed by atoms with Crippen molar-refractivity contribution in [1.29, 1.82) is 0 Å². The molecule has 20 heavy (non-hydrogen) atoms. The summed E-state index contributed by atoms with van der Waals surface area (Å²) in [6.07, 6.45) is 2.39. The van der Waals surface area contributed by atoms with Gasteiger partial charge in [0, 0.05) is 19.1 Å². The lowest BCUT2D eigenvalue weighted by Gasteiger charge is -2.24. The first kappa shape index (κ1) is 13.2. The molecule has 0 unspecified atom stereocenters. The zero-order valence-electron chi connectivity index (χ0n) is 11.5. The van der Waals surface area contributed by atoms with Gasteiger partial charge in [-0.2, -0.15) is 0 Å². The molecule has 1 N–H and O–H groups in total. The Balaban J connectivity index is 1.92. The molecule has 0 amide bonds. The molecule has 3 rings (SSSR count). The fourth-order valence-electron chi connectivity index (χ4n) is 3.36. The van der Waals surface area contributed by atoms with Gasteiger partial charge in [0.15, 0.2) is 5.75 Å². The quantitative estimate of drug-likeness (QED) is 0.674. The number of anilines is 1. The Hall–Kier alpha value is -1.82. The number of piperidine rings is 1. The van der Waals surface area contributed by atoms with Crippen LogP contribution in [-0.2, 0) is 0 Å². The van der Waals surface area contributed by atoms with Gasteiger partial charge in [-0.3, -0.25) is 10.1 Å². The van der Waals surface area contributed by atoms with Crippen LogP contribution in [0.1, 0.15) is 12.8 Å². The summed E-state index contributed by atoms with van der Waals surface area (Å²) in [7, 11) is 1.47. The summed E-state index contributed by atoms with van der Waals surface area (Å²) in [4.78, 5) is 13.1. The number of methoxy groups -OCH3 is 1. The Bertz CT molecular complexity index is 506. The Morgan fingerprint density at radius 1 is 1.45 bits per heavy atom. The van der Waals surface area contributed by atoms with Gasteiger partial charge in [-0.1, -0.05) is 6.07 Å². The average molecular weight is 277 g/mol. The molecule has 1 aromatic carbocycles. The number of nitro benzene ring substituents is 1. The third-order valence-electron chi connectivity index (χ3n) is 4.32. The maximum Gasteiger partial charge on any atom is 0.333 e. The van der Waals surface area contributed by atoms with Gasteiger partial charge >= 0.3 is 5.69 Å². The largest absolute Gasteiger partial charge is 0.490 e. The van der Waals surface area contributed by atoms with E-state index in [1.54, 1.807) is 6.07 Å². The van der Waals surface area contributed by atoms with Gasteiger partial charge in [0.25, 0.3) is 0 Å². The summed E-state index contributed by atoms with van der Waals surface area (Å²) in [5, 5.41) is 14.9. The Kier molecular flexibility index (Phi) is 3.48. The second kappa shape index (κ2) is 5.28. The number of fused-ring (bicyclic) bond motifs is 1. The number of benzene rings is 1. The van der Waals surface area contributed by atoms with Crippen LogP contribution >= 0.6 is 0 Å². The highest BCUT2D eigenvalue weighted by atomic mass is 16.6. The van der Waals surface area contributed by atoms with Crippen LogP contribution in [0.15, 0.2) is 18.2 Å². The Morgan fingerprint density at radius 2 is 2.30 bits per heavy atom. The lowest BCUT2D eigenvalue weighted by molar-refractivity contribution is -0.385. The van der Waals surface area contributed by atoms with Crippen molar-refractivity contribution in [2.75, 3.05) is 31.6 Å². The number of nitrogens with zero attached hydrogens (tertiary/aromatic N) is 2. The van der Waals surface area contributed by atoms with Gasteiger partial charge in [-0.05, 0) is 37.4 Å². The predicted octanol–water partition coefficient (Wildman–Crippen LogP) is 1.79. The molecule has 108 valence electrons. The Labute approximate surface area is 117 Å². The summed E-state index contributed by atoms with van der Waals surface area (Å²) in [6, 6.07) is 5.73. The van der Waals surface area contributed by atoms with Crippen LogP contribution in [-0.4, -0.2) is 37.7 Å². The van der Waals surface area contributed by atoms with E-state index >= 15 is 0 Å². The van der Waals surface area contributed by atoms with E-state index in [1.807, 2.05) is 12.1 Å². The van der Waals surface area contributed by atoms with Gasteiger partial charge in [0.1, 0.15) is 5.69 Å². The number of nitro groups is 1. The van der Waals surface area contributed by atoms with Crippen LogP contribution in [0.5, 0.6) is 5.75 Å². The molecule has 2 fully saturated rings. The summed E-state index contributed by atoms with van der Waals surface area (Å²) >= 11 is 0. The standard InChI is InChI=1S/C14H19N3O3/c1-20-13-6-2-5-12(14(13)17(18)19)16-8-10-4-3-7-15-11(10)9-16/h2,5-6,10-11,15H,3-4,7-9H2,1H3/t10-,11+/m0/s1. The van der Waals surface area contributed by atoms with Crippen molar-refractivity contribution in [3.8, 4) is 5.75 Å². The number of nitrogens with one attached hydrogen (secondary N) is 1. The molecule has 2 heterocycles. The van der Waals surface area contributed by atoms with E-state index < -0.39 is 0 Å². The summed E-state index contributed by atoms with van der Waals surface area (Å²) in [5.74, 6) is 0.921. The van der Waals surface area contributed by atoms with Crippen LogP contribution in [0.25, 0.3) is 0 Å². The monoisotopic (exact) mass is 277 g/mol. The van der Waals surface area contributed by atoms with Gasteiger partial charge < -0.3 is 15.0 Å². The highest BCUT2D eigenvalue weighted by molar-refractivity contribution is 5.70. The minimum absolute atomic E-state index is 0.0775. The fraction of sp³-hybridized carbons (Fsp3) is 0.571. The predicted molar refractivity (Wildman–Crippen MR) is 76.4 cm³/mol. The molecule has 0 spiro atoms. The van der Waals surface area contributed by atoms with Crippen LogP contribution in [0.2, 0.25) is 0 Å². The lowest BCUT2D eigenvalue weighted by Crippen LogP contribution is -2.40. The van der Waals surface area contributed by atoms with Crippen molar-refractivity contribution in [2.24, 2.45) is 5.92 Å². The number of ether oxygens (including phenoxy) is 1.